The van der Waals surface area contributed by atoms with Crippen LogP contribution in [0.1, 0.15) is 65.9 Å². The number of carbonyl (C=O) groups is 1. The van der Waals surface area contributed by atoms with E-state index in [2.05, 4.69) is 11.9 Å². The van der Waals surface area contributed by atoms with Gasteiger partial charge in [0.25, 0.3) is 5.56 Å². The maximum atomic E-state index is 12.9. The van der Waals surface area contributed by atoms with Crippen LogP contribution < -0.4 is 11.2 Å². The Hall–Kier alpha value is -2.43. The van der Waals surface area contributed by atoms with E-state index in [1.54, 1.807) is 12.1 Å². The molecule has 5 heteroatoms. The van der Waals surface area contributed by atoms with E-state index in [4.69, 9.17) is 0 Å². The van der Waals surface area contributed by atoms with Gasteiger partial charge in [-0.3, -0.25) is 14.2 Å². The molecule has 2 rings (SSSR count). The lowest BCUT2D eigenvalue weighted by molar-refractivity contribution is 0.103. The zero-order valence-corrected chi connectivity index (χ0v) is 15.4. The molecule has 0 aliphatic carbocycles. The number of H-pyrrole nitrogens is 1. The van der Waals surface area contributed by atoms with E-state index < -0.39 is 5.69 Å². The van der Waals surface area contributed by atoms with Crippen molar-refractivity contribution in [2.75, 3.05) is 0 Å². The number of nitrogens with zero attached hydrogens (tertiary/aromatic N) is 1. The summed E-state index contributed by atoms with van der Waals surface area (Å²) in [5.74, 6) is -0.307. The van der Waals surface area contributed by atoms with Crippen LogP contribution in [0.2, 0.25) is 0 Å². The first-order valence-electron chi connectivity index (χ1n) is 8.88. The lowest BCUT2D eigenvalue weighted by Gasteiger charge is -2.11. The van der Waals surface area contributed by atoms with E-state index in [1.165, 1.54) is 4.57 Å². The first-order valence-corrected chi connectivity index (χ1v) is 8.88. The minimum atomic E-state index is -0.508. The van der Waals surface area contributed by atoms with Gasteiger partial charge in [-0.15, -0.1) is 0 Å². The molecule has 0 unspecified atom stereocenters. The second-order valence-corrected chi connectivity index (χ2v) is 6.51. The number of hydrogen-bond acceptors (Lipinski definition) is 3. The minimum Gasteiger partial charge on any atom is -0.303 e. The van der Waals surface area contributed by atoms with Crippen molar-refractivity contribution < 1.29 is 4.79 Å². The summed E-state index contributed by atoms with van der Waals surface area (Å²) in [6.07, 6.45) is 3.13. The summed E-state index contributed by atoms with van der Waals surface area (Å²) in [5.41, 5.74) is 2.06. The van der Waals surface area contributed by atoms with Gasteiger partial charge in [0.1, 0.15) is 0 Å². The Balaban J connectivity index is 2.53. The number of aromatic nitrogens is 2. The predicted octanol–water partition coefficient (Wildman–Crippen LogP) is 3.14. The third kappa shape index (κ3) is 4.16. The first-order chi connectivity index (χ1) is 11.9. The lowest BCUT2D eigenvalue weighted by atomic mass is 9.99. The number of unbranched alkanes of at least 4 members (excludes halogenated alkanes) is 2. The SMILES string of the molecule is CCCCCn1c(=O)[nH]c(C(=O)c2cc(C)cc(C)c2)c(CC)c1=O. The zero-order chi connectivity index (χ0) is 18.6. The average Bonchev–Trinajstić information content (AvgIpc) is 2.56. The quantitative estimate of drug-likeness (QED) is 0.621. The number of ketones is 1. The van der Waals surface area contributed by atoms with E-state index in [-0.39, 0.29) is 17.0 Å². The number of carbonyl (C=O) groups excluding carboxylic acids is 1. The second-order valence-electron chi connectivity index (χ2n) is 6.51. The molecule has 0 saturated heterocycles. The number of aryl methyl sites for hydroxylation is 2. The predicted molar refractivity (Wildman–Crippen MR) is 99.6 cm³/mol. The van der Waals surface area contributed by atoms with Crippen LogP contribution in [0.5, 0.6) is 0 Å². The maximum absolute atomic E-state index is 12.9. The number of nitrogens with one attached hydrogen (secondary N) is 1. The van der Waals surface area contributed by atoms with E-state index in [9.17, 15) is 14.4 Å². The van der Waals surface area contributed by atoms with Gasteiger partial charge in [0.05, 0.1) is 5.69 Å². The van der Waals surface area contributed by atoms with Gasteiger partial charge >= 0.3 is 5.69 Å². The number of rotatable bonds is 7. The Morgan fingerprint density at radius 1 is 1.04 bits per heavy atom. The fourth-order valence-electron chi connectivity index (χ4n) is 3.11. The van der Waals surface area contributed by atoms with Crippen LogP contribution in [0.3, 0.4) is 0 Å². The highest BCUT2D eigenvalue weighted by Crippen LogP contribution is 2.14. The fraction of sp³-hybridized carbons (Fsp3) is 0.450. The van der Waals surface area contributed by atoms with Crippen LogP contribution in [-0.4, -0.2) is 15.3 Å². The molecule has 0 spiro atoms. The van der Waals surface area contributed by atoms with Gasteiger partial charge in [0, 0.05) is 17.7 Å². The van der Waals surface area contributed by atoms with Crippen molar-refractivity contribution in [1.29, 1.82) is 0 Å². The molecular formula is C20H26N2O3. The zero-order valence-electron chi connectivity index (χ0n) is 15.4. The molecule has 0 bridgehead atoms. The number of hydrogen-bond donors (Lipinski definition) is 1. The third-order valence-corrected chi connectivity index (χ3v) is 4.33. The largest absolute Gasteiger partial charge is 0.328 e. The summed E-state index contributed by atoms with van der Waals surface area (Å²) in [5, 5.41) is 0. The first kappa shape index (κ1) is 18.9. The Morgan fingerprint density at radius 3 is 2.24 bits per heavy atom. The maximum Gasteiger partial charge on any atom is 0.328 e. The normalized spacial score (nSPS) is 10.9. The van der Waals surface area contributed by atoms with Crippen molar-refractivity contribution >= 4 is 5.78 Å². The fourth-order valence-corrected chi connectivity index (χ4v) is 3.11. The molecule has 0 aliphatic heterocycles. The molecule has 0 amide bonds. The smallest absolute Gasteiger partial charge is 0.303 e. The number of benzene rings is 1. The van der Waals surface area contributed by atoms with Gasteiger partial charge in [0.2, 0.25) is 5.78 Å². The summed E-state index contributed by atoms with van der Waals surface area (Å²) < 4.78 is 1.22. The molecule has 0 fully saturated rings. The average molecular weight is 342 g/mol. The summed E-state index contributed by atoms with van der Waals surface area (Å²) in [6, 6.07) is 5.53. The molecule has 0 saturated carbocycles. The molecular weight excluding hydrogens is 316 g/mol. The summed E-state index contributed by atoms with van der Waals surface area (Å²) >= 11 is 0. The standard InChI is InChI=1S/C20H26N2O3/c1-5-7-8-9-22-19(24)16(6-2)17(21-20(22)25)18(23)15-11-13(3)10-14(4)12-15/h10-12H,5-9H2,1-4H3,(H,21,25). The molecule has 5 nitrogen and oxygen atoms in total. The van der Waals surface area contributed by atoms with Crippen LogP contribution >= 0.6 is 0 Å². The van der Waals surface area contributed by atoms with Gasteiger partial charge in [-0.1, -0.05) is 43.9 Å². The molecule has 1 N–H and O–H groups in total. The number of aromatic amines is 1. The molecule has 0 aliphatic rings. The van der Waals surface area contributed by atoms with E-state index in [0.717, 1.165) is 30.4 Å². The highest BCUT2D eigenvalue weighted by molar-refractivity contribution is 6.08. The Labute approximate surface area is 147 Å². The van der Waals surface area contributed by atoms with Crippen LogP contribution in [0.25, 0.3) is 0 Å². The lowest BCUT2D eigenvalue weighted by Crippen LogP contribution is -2.39. The molecule has 134 valence electrons. The van der Waals surface area contributed by atoms with Gasteiger partial charge in [-0.2, -0.15) is 0 Å². The van der Waals surface area contributed by atoms with Crippen LogP contribution in [0.4, 0.5) is 0 Å². The van der Waals surface area contributed by atoms with Crippen molar-refractivity contribution in [1.82, 2.24) is 9.55 Å². The molecule has 2 aromatic rings. The minimum absolute atomic E-state index is 0.120. The van der Waals surface area contributed by atoms with Crippen molar-refractivity contribution in [3.63, 3.8) is 0 Å². The highest BCUT2D eigenvalue weighted by Gasteiger charge is 2.20. The topological polar surface area (TPSA) is 71.9 Å². The van der Waals surface area contributed by atoms with Crippen molar-refractivity contribution in [3.05, 3.63) is 67.0 Å². The molecule has 1 aromatic carbocycles. The molecule has 0 atom stereocenters. The van der Waals surface area contributed by atoms with Gasteiger partial charge in [-0.05, 0) is 38.8 Å². The Morgan fingerprint density at radius 2 is 1.68 bits per heavy atom. The Kier molecular flexibility index (Phi) is 6.12. The van der Waals surface area contributed by atoms with Gasteiger partial charge in [0.15, 0.2) is 0 Å². The van der Waals surface area contributed by atoms with E-state index in [0.29, 0.717) is 24.1 Å². The molecule has 0 radical (unpaired) electrons. The van der Waals surface area contributed by atoms with Crippen LogP contribution in [0.15, 0.2) is 27.8 Å². The monoisotopic (exact) mass is 342 g/mol. The van der Waals surface area contributed by atoms with E-state index in [1.807, 2.05) is 26.8 Å². The summed E-state index contributed by atoms with van der Waals surface area (Å²) in [6.45, 7) is 8.10. The Bertz CT molecular complexity index is 871. The van der Waals surface area contributed by atoms with Crippen molar-refractivity contribution in [2.45, 2.75) is 59.9 Å². The van der Waals surface area contributed by atoms with Gasteiger partial charge < -0.3 is 4.98 Å². The molecule has 1 aromatic heterocycles. The summed E-state index contributed by atoms with van der Waals surface area (Å²) in [7, 11) is 0. The molecule has 25 heavy (non-hydrogen) atoms. The van der Waals surface area contributed by atoms with Crippen molar-refractivity contribution in [3.8, 4) is 0 Å². The van der Waals surface area contributed by atoms with Crippen molar-refractivity contribution in [2.24, 2.45) is 0 Å². The molecule has 1 heterocycles. The van der Waals surface area contributed by atoms with E-state index >= 15 is 0 Å². The van der Waals surface area contributed by atoms with Gasteiger partial charge in [-0.25, -0.2) is 4.79 Å². The summed E-state index contributed by atoms with van der Waals surface area (Å²) in [4.78, 5) is 40.6. The van der Waals surface area contributed by atoms with Crippen LogP contribution in [-0.2, 0) is 13.0 Å². The third-order valence-electron chi connectivity index (χ3n) is 4.33. The second kappa shape index (κ2) is 8.10. The highest BCUT2D eigenvalue weighted by atomic mass is 16.2. The van der Waals surface area contributed by atoms with Crippen LogP contribution in [0, 0.1) is 13.8 Å².